The Balaban J connectivity index is 1.66. The van der Waals surface area contributed by atoms with Gasteiger partial charge in [-0.05, 0) is 31.2 Å². The van der Waals surface area contributed by atoms with Crippen LogP contribution in [0.5, 0.6) is 17.2 Å². The molecule has 2 aliphatic heterocycles. The molecule has 2 heterocycles. The van der Waals surface area contributed by atoms with Crippen molar-refractivity contribution in [3.8, 4) is 17.2 Å². The van der Waals surface area contributed by atoms with Crippen molar-refractivity contribution >= 4 is 29.4 Å². The maximum atomic E-state index is 5.96. The van der Waals surface area contributed by atoms with E-state index < -0.39 is 0 Å². The molecule has 8 heteroatoms. The number of nitrogens with one attached hydrogen (secondary N) is 1. The van der Waals surface area contributed by atoms with Gasteiger partial charge >= 0.3 is 0 Å². The van der Waals surface area contributed by atoms with Crippen molar-refractivity contribution in [2.24, 2.45) is 15.0 Å². The SMILES string of the molecule is C=C1N=C=Nc2cc3c(cc2OCCO/C1=C/C=C\C)OCCOc1ccccc1N=CN3. The lowest BCUT2D eigenvalue weighted by Gasteiger charge is -2.15. The third-order valence-corrected chi connectivity index (χ3v) is 4.63. The van der Waals surface area contributed by atoms with Crippen LogP contribution in [0, 0.1) is 0 Å². The van der Waals surface area contributed by atoms with Crippen LogP contribution in [-0.4, -0.2) is 38.8 Å². The molecule has 2 aliphatic rings. The fourth-order valence-corrected chi connectivity index (χ4v) is 3.05. The van der Waals surface area contributed by atoms with Crippen LogP contribution in [0.4, 0.5) is 17.1 Å². The second kappa shape index (κ2) is 10.8. The highest BCUT2D eigenvalue weighted by Gasteiger charge is 2.14. The lowest BCUT2D eigenvalue weighted by atomic mass is 10.2. The van der Waals surface area contributed by atoms with Crippen LogP contribution in [0.2, 0.25) is 0 Å². The third-order valence-electron chi connectivity index (χ3n) is 4.63. The van der Waals surface area contributed by atoms with Crippen molar-refractivity contribution < 1.29 is 18.9 Å². The minimum absolute atomic E-state index is 0.301. The first kappa shape index (κ1) is 21.9. The van der Waals surface area contributed by atoms with Crippen LogP contribution in [0.25, 0.3) is 0 Å². The summed E-state index contributed by atoms with van der Waals surface area (Å²) in [6.07, 6.45) is 7.11. The van der Waals surface area contributed by atoms with Gasteiger partial charge in [-0.2, -0.15) is 9.98 Å². The summed E-state index contributed by atoms with van der Waals surface area (Å²) in [5.41, 5.74) is 2.34. The monoisotopic (exact) mass is 444 g/mol. The first-order chi connectivity index (χ1) is 16.2. The number of fused-ring (bicyclic) bond motifs is 3. The number of allylic oxidation sites excluding steroid dienone is 3. The van der Waals surface area contributed by atoms with Crippen molar-refractivity contribution in [2.75, 3.05) is 31.7 Å². The maximum Gasteiger partial charge on any atom is 0.149 e. The molecule has 0 bridgehead atoms. The normalized spacial score (nSPS) is 17.1. The predicted octanol–water partition coefficient (Wildman–Crippen LogP) is 5.42. The second-order valence-electron chi connectivity index (χ2n) is 6.91. The van der Waals surface area contributed by atoms with Crippen molar-refractivity contribution in [1.29, 1.82) is 0 Å². The third kappa shape index (κ3) is 5.70. The molecule has 168 valence electrons. The Bertz CT molecular complexity index is 1180. The largest absolute Gasteiger partial charge is 0.488 e. The summed E-state index contributed by atoms with van der Waals surface area (Å²) in [5, 5.41) is 3.16. The van der Waals surface area contributed by atoms with Crippen LogP contribution in [0.1, 0.15) is 6.92 Å². The first-order valence-electron chi connectivity index (χ1n) is 10.5. The molecule has 0 amide bonds. The van der Waals surface area contributed by atoms with Crippen molar-refractivity contribution in [3.63, 3.8) is 0 Å². The maximum absolute atomic E-state index is 5.96. The van der Waals surface area contributed by atoms with Crippen LogP contribution < -0.4 is 19.5 Å². The fraction of sp³-hybridized carbons (Fsp3) is 0.200. The molecular formula is C25H24N4O4. The summed E-state index contributed by atoms with van der Waals surface area (Å²) in [6.45, 7) is 7.17. The molecule has 0 spiro atoms. The molecule has 0 fully saturated rings. The van der Waals surface area contributed by atoms with Crippen LogP contribution in [0.15, 0.2) is 87.6 Å². The first-order valence-corrected chi connectivity index (χ1v) is 10.5. The number of hydrogen-bond donors (Lipinski definition) is 1. The van der Waals surface area contributed by atoms with Gasteiger partial charge in [-0.1, -0.05) is 30.9 Å². The molecule has 2 aromatic carbocycles. The summed E-state index contributed by atoms with van der Waals surface area (Å²) in [4.78, 5) is 13.0. The van der Waals surface area contributed by atoms with Gasteiger partial charge in [0.2, 0.25) is 0 Å². The van der Waals surface area contributed by atoms with Gasteiger partial charge in [0.1, 0.15) is 72.5 Å². The number of para-hydroxylation sites is 2. The number of anilines is 1. The van der Waals surface area contributed by atoms with E-state index >= 15 is 0 Å². The molecule has 0 saturated carbocycles. The average Bonchev–Trinajstić information content (AvgIpc) is 2.88. The zero-order valence-electron chi connectivity index (χ0n) is 18.3. The second-order valence-corrected chi connectivity index (χ2v) is 6.91. The van der Waals surface area contributed by atoms with E-state index in [9.17, 15) is 0 Å². The van der Waals surface area contributed by atoms with E-state index in [0.29, 0.717) is 66.5 Å². The molecule has 0 aromatic heterocycles. The molecule has 8 nitrogen and oxygen atoms in total. The quantitative estimate of drug-likeness (QED) is 0.635. The number of aliphatic imine (C=N–C) groups is 3. The summed E-state index contributed by atoms with van der Waals surface area (Å²) in [7, 11) is 0. The van der Waals surface area contributed by atoms with Crippen LogP contribution in [0.3, 0.4) is 0 Å². The summed E-state index contributed by atoms with van der Waals surface area (Å²) in [6, 6.07) is 13.8. The topological polar surface area (TPSA) is 86.0 Å². The van der Waals surface area contributed by atoms with Gasteiger partial charge in [0.25, 0.3) is 0 Å². The number of nitrogens with zero attached hydrogens (tertiary/aromatic N) is 3. The average molecular weight is 444 g/mol. The van der Waals surface area contributed by atoms with Gasteiger partial charge in [-0.25, -0.2) is 4.99 Å². The van der Waals surface area contributed by atoms with E-state index in [0.717, 1.165) is 5.69 Å². The Kier molecular flexibility index (Phi) is 7.20. The summed E-state index contributed by atoms with van der Waals surface area (Å²) in [5.74, 6) is 2.32. The van der Waals surface area contributed by atoms with Crippen LogP contribution in [-0.2, 0) is 4.74 Å². The highest BCUT2D eigenvalue weighted by atomic mass is 16.5. The number of ether oxygens (including phenoxy) is 4. The van der Waals surface area contributed by atoms with Gasteiger partial charge < -0.3 is 24.3 Å². The molecule has 0 radical (unpaired) electrons. The molecule has 33 heavy (non-hydrogen) atoms. The molecule has 2 aromatic rings. The van der Waals surface area contributed by atoms with Gasteiger partial charge in [-0.3, -0.25) is 0 Å². The Morgan fingerprint density at radius 1 is 0.909 bits per heavy atom. The number of rotatable bonds is 1. The molecule has 0 atom stereocenters. The standard InChI is InChI=1S/C25H24N4O4/c1-3-4-8-22-18(2)26-16-28-20-14-21-25(15-24(20)32-12-10-30-22)33-13-11-31-23-9-6-5-7-19(23)27-17-29-21/h3-9,14-15,17H,2,10-13H2,1H3,(H,27,29)/b4-3-,22-8+. The van der Waals surface area contributed by atoms with Gasteiger partial charge in [0.05, 0.1) is 12.0 Å². The van der Waals surface area contributed by atoms with E-state index in [2.05, 4.69) is 32.9 Å². The molecule has 0 saturated heterocycles. The van der Waals surface area contributed by atoms with Crippen molar-refractivity contribution in [3.05, 3.63) is 72.7 Å². The molecule has 1 N–H and O–H groups in total. The minimum Gasteiger partial charge on any atom is -0.488 e. The smallest absolute Gasteiger partial charge is 0.149 e. The Morgan fingerprint density at radius 3 is 2.52 bits per heavy atom. The predicted molar refractivity (Wildman–Crippen MR) is 129 cm³/mol. The van der Waals surface area contributed by atoms with E-state index in [-0.39, 0.29) is 0 Å². The van der Waals surface area contributed by atoms with Gasteiger partial charge in [-0.15, -0.1) is 0 Å². The summed E-state index contributed by atoms with van der Waals surface area (Å²) >= 11 is 0. The zero-order valence-corrected chi connectivity index (χ0v) is 18.3. The highest BCUT2D eigenvalue weighted by molar-refractivity contribution is 5.84. The van der Waals surface area contributed by atoms with E-state index in [1.54, 1.807) is 24.5 Å². The lowest BCUT2D eigenvalue weighted by Crippen LogP contribution is -2.10. The van der Waals surface area contributed by atoms with E-state index in [4.69, 9.17) is 18.9 Å². The van der Waals surface area contributed by atoms with Crippen LogP contribution >= 0.6 is 0 Å². The van der Waals surface area contributed by atoms with Crippen molar-refractivity contribution in [2.45, 2.75) is 6.92 Å². The summed E-state index contributed by atoms with van der Waals surface area (Å²) < 4.78 is 23.4. The Labute approximate surface area is 192 Å². The van der Waals surface area contributed by atoms with E-state index in [1.165, 1.54) is 0 Å². The van der Waals surface area contributed by atoms with Crippen molar-refractivity contribution in [1.82, 2.24) is 0 Å². The van der Waals surface area contributed by atoms with Gasteiger partial charge in [0.15, 0.2) is 0 Å². The highest BCUT2D eigenvalue weighted by Crippen LogP contribution is 2.39. The Morgan fingerprint density at radius 2 is 1.67 bits per heavy atom. The molecular weight excluding hydrogens is 420 g/mol. The lowest BCUT2D eigenvalue weighted by molar-refractivity contribution is 0.161. The van der Waals surface area contributed by atoms with E-state index in [1.807, 2.05) is 43.3 Å². The van der Waals surface area contributed by atoms with Gasteiger partial charge in [0, 0.05) is 6.07 Å². The zero-order chi connectivity index (χ0) is 22.9. The Hall–Kier alpha value is -4.29. The molecule has 0 aliphatic carbocycles. The number of benzene rings is 2. The molecule has 4 rings (SSSR count). The molecule has 0 unspecified atom stereocenters. The minimum atomic E-state index is 0.301. The number of hydrogen-bond acceptors (Lipinski definition) is 8. The fourth-order valence-electron chi connectivity index (χ4n) is 3.05.